The van der Waals surface area contributed by atoms with Crippen molar-refractivity contribution in [3.05, 3.63) is 58.3 Å². The first kappa shape index (κ1) is 14.6. The van der Waals surface area contributed by atoms with Crippen molar-refractivity contribution in [3.8, 4) is 0 Å². The van der Waals surface area contributed by atoms with Gasteiger partial charge in [-0.05, 0) is 24.3 Å². The number of carbonyl (C=O) groups is 1. The third-order valence-electron chi connectivity index (χ3n) is 2.65. The molecule has 2 aromatic rings. The van der Waals surface area contributed by atoms with Crippen molar-refractivity contribution in [3.63, 3.8) is 0 Å². The van der Waals surface area contributed by atoms with Crippen LogP contribution in [-0.4, -0.2) is 34.6 Å². The first-order valence-corrected chi connectivity index (χ1v) is 6.63. The second kappa shape index (κ2) is 6.11. The Morgan fingerprint density at radius 2 is 2.10 bits per heavy atom. The largest absolute Gasteiger partial charge is 0.363 e. The molecule has 0 atom stereocenters. The summed E-state index contributed by atoms with van der Waals surface area (Å²) in [4.78, 5) is 14.1. The zero-order chi connectivity index (χ0) is 14.7. The van der Waals surface area contributed by atoms with E-state index >= 15 is 0 Å². The van der Waals surface area contributed by atoms with Crippen LogP contribution in [0.1, 0.15) is 10.4 Å². The number of ketones is 1. The Morgan fingerprint density at radius 1 is 1.35 bits per heavy atom. The van der Waals surface area contributed by atoms with Gasteiger partial charge in [0.25, 0.3) is 0 Å². The van der Waals surface area contributed by atoms with E-state index in [9.17, 15) is 4.79 Å². The quantitative estimate of drug-likeness (QED) is 0.641. The van der Waals surface area contributed by atoms with E-state index in [0.29, 0.717) is 21.4 Å². The zero-order valence-electron chi connectivity index (χ0n) is 11.0. The van der Waals surface area contributed by atoms with Crippen LogP contribution in [-0.2, 0) is 0 Å². The van der Waals surface area contributed by atoms with Crippen molar-refractivity contribution in [2.24, 2.45) is 0 Å². The number of benzene rings is 1. The van der Waals surface area contributed by atoms with Gasteiger partial charge in [-0.3, -0.25) is 4.79 Å². The number of hydrogen-bond acceptors (Lipinski definition) is 3. The molecule has 0 aliphatic heterocycles. The van der Waals surface area contributed by atoms with Gasteiger partial charge < -0.3 is 4.90 Å². The Kier molecular flexibility index (Phi) is 4.47. The molecule has 1 aromatic heterocycles. The zero-order valence-corrected chi connectivity index (χ0v) is 12.6. The van der Waals surface area contributed by atoms with Gasteiger partial charge in [0.15, 0.2) is 5.78 Å². The molecule has 0 aliphatic carbocycles. The molecule has 0 saturated heterocycles. The molecule has 0 fully saturated rings. The van der Waals surface area contributed by atoms with Crippen LogP contribution in [0.15, 0.2) is 42.7 Å². The average molecular weight is 310 g/mol. The van der Waals surface area contributed by atoms with Crippen LogP contribution in [0.25, 0.3) is 5.82 Å². The predicted molar refractivity (Wildman–Crippen MR) is 81.0 cm³/mol. The van der Waals surface area contributed by atoms with Crippen molar-refractivity contribution in [2.45, 2.75) is 0 Å². The minimum absolute atomic E-state index is 0.203. The van der Waals surface area contributed by atoms with E-state index in [1.165, 1.54) is 6.08 Å². The Bertz CT molecular complexity index is 648. The van der Waals surface area contributed by atoms with Gasteiger partial charge in [0.05, 0.1) is 5.02 Å². The predicted octanol–water partition coefficient (Wildman–Crippen LogP) is 3.43. The van der Waals surface area contributed by atoms with E-state index < -0.39 is 0 Å². The molecule has 0 spiro atoms. The summed E-state index contributed by atoms with van der Waals surface area (Å²) in [5.74, 6) is 0.442. The van der Waals surface area contributed by atoms with E-state index in [0.717, 1.165) is 0 Å². The molecular formula is C14H13Cl2N3O. The highest BCUT2D eigenvalue weighted by Crippen LogP contribution is 2.22. The van der Waals surface area contributed by atoms with Crippen LogP contribution >= 0.6 is 23.2 Å². The first-order valence-electron chi connectivity index (χ1n) is 5.87. The van der Waals surface area contributed by atoms with Crippen LogP contribution in [0.2, 0.25) is 10.0 Å². The Morgan fingerprint density at radius 3 is 2.65 bits per heavy atom. The van der Waals surface area contributed by atoms with E-state index in [1.54, 1.807) is 46.2 Å². The first-order chi connectivity index (χ1) is 9.49. The van der Waals surface area contributed by atoms with Gasteiger partial charge in [-0.2, -0.15) is 5.10 Å². The van der Waals surface area contributed by atoms with Gasteiger partial charge in [-0.25, -0.2) is 4.68 Å². The molecule has 0 saturated carbocycles. The molecular weight excluding hydrogens is 297 g/mol. The molecule has 1 heterocycles. The van der Waals surface area contributed by atoms with Crippen molar-refractivity contribution < 1.29 is 4.79 Å². The molecule has 104 valence electrons. The van der Waals surface area contributed by atoms with Crippen LogP contribution in [0, 0.1) is 0 Å². The minimum Gasteiger partial charge on any atom is -0.363 e. The number of rotatable bonds is 4. The lowest BCUT2D eigenvalue weighted by atomic mass is 10.1. The fourth-order valence-corrected chi connectivity index (χ4v) is 2.19. The molecule has 20 heavy (non-hydrogen) atoms. The molecule has 1 aromatic carbocycles. The summed E-state index contributed by atoms with van der Waals surface area (Å²) in [5, 5.41) is 4.95. The van der Waals surface area contributed by atoms with Gasteiger partial charge in [0, 0.05) is 43.2 Å². The molecule has 0 aliphatic rings. The van der Waals surface area contributed by atoms with Crippen LogP contribution in [0.4, 0.5) is 0 Å². The smallest absolute Gasteiger partial charge is 0.191 e. The van der Waals surface area contributed by atoms with Crippen LogP contribution < -0.4 is 0 Å². The van der Waals surface area contributed by atoms with E-state index in [1.807, 2.05) is 14.1 Å². The number of allylic oxidation sites excluding steroid dienone is 1. The molecule has 2 rings (SSSR count). The lowest BCUT2D eigenvalue weighted by Gasteiger charge is -2.16. The van der Waals surface area contributed by atoms with E-state index in [2.05, 4.69) is 5.10 Å². The van der Waals surface area contributed by atoms with E-state index in [-0.39, 0.29) is 5.78 Å². The van der Waals surface area contributed by atoms with Crippen LogP contribution in [0.3, 0.4) is 0 Å². The number of carbonyl (C=O) groups excluding carboxylic acids is 1. The maximum atomic E-state index is 12.3. The Balaban J connectivity index is 2.39. The topological polar surface area (TPSA) is 38.1 Å². The van der Waals surface area contributed by atoms with Gasteiger partial charge in [0.1, 0.15) is 5.82 Å². The maximum absolute atomic E-state index is 12.3. The van der Waals surface area contributed by atoms with Crippen molar-refractivity contribution in [1.82, 2.24) is 14.7 Å². The van der Waals surface area contributed by atoms with Crippen molar-refractivity contribution in [2.75, 3.05) is 14.1 Å². The fraction of sp³-hybridized carbons (Fsp3) is 0.143. The van der Waals surface area contributed by atoms with Gasteiger partial charge >= 0.3 is 0 Å². The van der Waals surface area contributed by atoms with E-state index in [4.69, 9.17) is 23.2 Å². The third kappa shape index (κ3) is 3.21. The molecule has 0 amide bonds. The Labute approximate surface area is 127 Å². The molecule has 4 nitrogen and oxygen atoms in total. The lowest BCUT2D eigenvalue weighted by Crippen LogP contribution is -2.17. The summed E-state index contributed by atoms with van der Waals surface area (Å²) in [6, 6.07) is 6.59. The van der Waals surface area contributed by atoms with Gasteiger partial charge in [-0.1, -0.05) is 23.2 Å². The number of aromatic nitrogens is 2. The third-order valence-corrected chi connectivity index (χ3v) is 3.20. The monoisotopic (exact) mass is 309 g/mol. The molecule has 0 N–H and O–H groups in total. The molecule has 0 unspecified atom stereocenters. The second-order valence-electron chi connectivity index (χ2n) is 4.34. The van der Waals surface area contributed by atoms with Crippen molar-refractivity contribution >= 4 is 34.8 Å². The summed E-state index contributed by atoms with van der Waals surface area (Å²) in [6.45, 7) is 0. The summed E-state index contributed by atoms with van der Waals surface area (Å²) >= 11 is 11.9. The van der Waals surface area contributed by atoms with Crippen molar-refractivity contribution in [1.29, 1.82) is 0 Å². The second-order valence-corrected chi connectivity index (χ2v) is 5.18. The fourth-order valence-electron chi connectivity index (χ4n) is 1.69. The maximum Gasteiger partial charge on any atom is 0.191 e. The summed E-state index contributed by atoms with van der Waals surface area (Å²) in [5.41, 5.74) is 0.405. The van der Waals surface area contributed by atoms with Gasteiger partial charge in [-0.15, -0.1) is 0 Å². The molecule has 0 radical (unpaired) electrons. The normalized spacial score (nSPS) is 11.5. The minimum atomic E-state index is -0.203. The number of nitrogens with zero attached hydrogens (tertiary/aromatic N) is 3. The summed E-state index contributed by atoms with van der Waals surface area (Å²) in [7, 11) is 3.68. The molecule has 6 heteroatoms. The summed E-state index contributed by atoms with van der Waals surface area (Å²) in [6.07, 6.45) is 4.90. The highest BCUT2D eigenvalue weighted by molar-refractivity contribution is 6.37. The highest BCUT2D eigenvalue weighted by Gasteiger charge is 2.12. The number of halogens is 2. The van der Waals surface area contributed by atoms with Gasteiger partial charge in [0.2, 0.25) is 0 Å². The SMILES string of the molecule is CN(C)C(=CC(=O)c1ccc(Cl)cc1Cl)n1cccn1. The summed E-state index contributed by atoms with van der Waals surface area (Å²) < 4.78 is 1.61. The Hall–Kier alpha value is -1.78. The highest BCUT2D eigenvalue weighted by atomic mass is 35.5. The number of hydrogen-bond donors (Lipinski definition) is 0. The standard InChI is InChI=1S/C14H13Cl2N3O/c1-18(2)14(19-7-3-6-17-19)9-13(20)11-5-4-10(15)8-12(11)16/h3-9H,1-2H3. The van der Waals surface area contributed by atoms with Crippen LogP contribution in [0.5, 0.6) is 0 Å². The molecule has 0 bridgehead atoms. The average Bonchev–Trinajstić information content (AvgIpc) is 2.88. The lowest BCUT2D eigenvalue weighted by molar-refractivity contribution is 0.104.